The van der Waals surface area contributed by atoms with E-state index >= 15 is 0 Å². The van der Waals surface area contributed by atoms with Crippen LogP contribution in [-0.4, -0.2) is 43.8 Å². The van der Waals surface area contributed by atoms with Crippen molar-refractivity contribution in [3.05, 3.63) is 58.6 Å². The molecule has 136 valence electrons. The van der Waals surface area contributed by atoms with Crippen molar-refractivity contribution in [1.82, 2.24) is 4.90 Å². The molecule has 1 heterocycles. The monoisotopic (exact) mass is 388 g/mol. The van der Waals surface area contributed by atoms with Gasteiger partial charge in [-0.1, -0.05) is 41.4 Å². The van der Waals surface area contributed by atoms with Gasteiger partial charge in [0, 0.05) is 23.0 Å². The molecule has 0 saturated heterocycles. The third-order valence-electron chi connectivity index (χ3n) is 4.30. The number of hydrogen-bond donors (Lipinski definition) is 0. The summed E-state index contributed by atoms with van der Waals surface area (Å²) in [5, 5.41) is 0.0259. The molecule has 26 heavy (non-hydrogen) atoms. The Hall–Kier alpha value is -1.82. The number of thioether (sulfide) groups is 1. The van der Waals surface area contributed by atoms with Crippen LogP contribution in [0.3, 0.4) is 0 Å². The Balaban J connectivity index is 2.04. The molecule has 0 aliphatic carbocycles. The van der Waals surface area contributed by atoms with Crippen LogP contribution in [0.15, 0.2) is 47.4 Å². The molecular weight excluding hydrogens is 368 g/mol. The van der Waals surface area contributed by atoms with E-state index in [0.29, 0.717) is 18.1 Å². The molecule has 0 saturated carbocycles. The van der Waals surface area contributed by atoms with Crippen molar-refractivity contribution in [2.24, 2.45) is 0 Å². The number of Topliss-reactive ketones (excluding diaryl/α,β-unsaturated/α-hetero) is 1. The average Bonchev–Trinajstić information content (AvgIpc) is 2.70. The lowest BCUT2D eigenvalue weighted by molar-refractivity contribution is -0.136. The molecule has 0 spiro atoms. The van der Waals surface area contributed by atoms with Crippen LogP contribution in [0, 0.1) is 6.92 Å². The van der Waals surface area contributed by atoms with Gasteiger partial charge >= 0.3 is 0 Å². The van der Waals surface area contributed by atoms with Gasteiger partial charge in [-0.25, -0.2) is 0 Å². The van der Waals surface area contributed by atoms with E-state index in [1.165, 1.54) is 11.8 Å². The largest absolute Gasteiger partial charge is 0.308 e. The van der Waals surface area contributed by atoms with E-state index in [0.717, 1.165) is 21.7 Å². The lowest BCUT2D eigenvalue weighted by Gasteiger charge is -2.23. The number of carbonyl (C=O) groups is 2. The molecule has 1 amide bonds. The fourth-order valence-corrected chi connectivity index (χ4v) is 4.31. The highest BCUT2D eigenvalue weighted by Gasteiger charge is 2.36. The van der Waals surface area contributed by atoms with Crippen molar-refractivity contribution in [3.8, 4) is 0 Å². The van der Waals surface area contributed by atoms with Gasteiger partial charge < -0.3 is 9.80 Å². The summed E-state index contributed by atoms with van der Waals surface area (Å²) in [6.07, 6.45) is 0. The van der Waals surface area contributed by atoms with E-state index in [-0.39, 0.29) is 0 Å². The van der Waals surface area contributed by atoms with E-state index in [9.17, 15) is 9.59 Å². The molecule has 0 aromatic heterocycles. The average molecular weight is 389 g/mol. The van der Waals surface area contributed by atoms with Crippen LogP contribution in [0.25, 0.3) is 0 Å². The number of carbonyl (C=O) groups excluding carboxylic acids is 2. The topological polar surface area (TPSA) is 40.6 Å². The maximum Gasteiger partial charge on any atom is 0.296 e. The highest BCUT2D eigenvalue weighted by Crippen LogP contribution is 2.45. The summed E-state index contributed by atoms with van der Waals surface area (Å²) in [6, 6.07) is 13.2. The van der Waals surface area contributed by atoms with Gasteiger partial charge in [-0.15, -0.1) is 11.8 Å². The highest BCUT2D eigenvalue weighted by atomic mass is 35.5. The molecular formula is C20H21ClN2O2S. The second-order valence-electron chi connectivity index (χ2n) is 6.64. The molecule has 4 nitrogen and oxygen atoms in total. The Morgan fingerprint density at radius 3 is 2.46 bits per heavy atom. The first-order valence-corrected chi connectivity index (χ1v) is 9.66. The summed E-state index contributed by atoms with van der Waals surface area (Å²) < 4.78 is 0. The second-order valence-corrected chi connectivity index (χ2v) is 8.23. The normalized spacial score (nSPS) is 17.4. The van der Waals surface area contributed by atoms with Crippen LogP contribution in [0.5, 0.6) is 0 Å². The summed E-state index contributed by atoms with van der Waals surface area (Å²) in [6.45, 7) is 3.11. The van der Waals surface area contributed by atoms with Crippen molar-refractivity contribution in [1.29, 1.82) is 0 Å². The van der Waals surface area contributed by atoms with Crippen molar-refractivity contribution in [2.75, 3.05) is 32.1 Å². The number of amides is 1. The quantitative estimate of drug-likeness (QED) is 0.743. The minimum Gasteiger partial charge on any atom is -0.308 e. The van der Waals surface area contributed by atoms with Crippen LogP contribution in [0.2, 0.25) is 5.02 Å². The molecule has 3 rings (SSSR count). The number of hydrogen-bond acceptors (Lipinski definition) is 4. The summed E-state index contributed by atoms with van der Waals surface area (Å²) in [5.41, 5.74) is 2.69. The van der Waals surface area contributed by atoms with Crippen LogP contribution >= 0.6 is 23.4 Å². The summed E-state index contributed by atoms with van der Waals surface area (Å²) in [4.78, 5) is 30.4. The van der Waals surface area contributed by atoms with Gasteiger partial charge in [0.05, 0.1) is 5.69 Å². The lowest BCUT2D eigenvalue weighted by Crippen LogP contribution is -2.41. The first-order valence-electron chi connectivity index (χ1n) is 8.40. The molecule has 0 radical (unpaired) electrons. The predicted molar refractivity (Wildman–Crippen MR) is 107 cm³/mol. The minimum atomic E-state index is -0.565. The number of anilines is 1. The zero-order valence-electron chi connectivity index (χ0n) is 15.0. The van der Waals surface area contributed by atoms with Gasteiger partial charge in [-0.3, -0.25) is 9.59 Å². The van der Waals surface area contributed by atoms with E-state index < -0.39 is 16.9 Å². The maximum absolute atomic E-state index is 13.0. The fourth-order valence-electron chi connectivity index (χ4n) is 2.82. The van der Waals surface area contributed by atoms with Crippen LogP contribution < -0.4 is 4.90 Å². The Kier molecular flexibility index (Phi) is 5.70. The Morgan fingerprint density at radius 2 is 1.81 bits per heavy atom. The first kappa shape index (κ1) is 19.0. The Morgan fingerprint density at radius 1 is 1.12 bits per heavy atom. The zero-order chi connectivity index (χ0) is 18.8. The first-order chi connectivity index (χ1) is 12.4. The van der Waals surface area contributed by atoms with E-state index in [2.05, 4.69) is 0 Å². The van der Waals surface area contributed by atoms with E-state index in [1.807, 2.05) is 62.3 Å². The maximum atomic E-state index is 13.0. The number of aryl methyl sites for hydroxylation is 1. The SMILES string of the molecule is Cc1ccc(C2Sc3cc(Cl)ccc3N(CCN(C)C)C(=O)C2=O)cc1. The number of benzene rings is 2. The summed E-state index contributed by atoms with van der Waals surface area (Å²) in [7, 11) is 3.88. The number of nitrogens with zero attached hydrogens (tertiary/aromatic N) is 2. The molecule has 1 aliphatic rings. The standard InChI is InChI=1S/C20H21ClN2O2S/c1-13-4-6-14(7-5-13)19-18(24)20(25)23(11-10-22(2)3)16-9-8-15(21)12-17(16)26-19/h4-9,12,19H,10-11H2,1-3H3. The Labute approximate surface area is 163 Å². The fraction of sp³-hybridized carbons (Fsp3) is 0.300. The smallest absolute Gasteiger partial charge is 0.296 e. The number of halogens is 1. The van der Waals surface area contributed by atoms with Crippen molar-refractivity contribution in [2.45, 2.75) is 17.1 Å². The van der Waals surface area contributed by atoms with E-state index in [1.54, 1.807) is 11.0 Å². The lowest BCUT2D eigenvalue weighted by atomic mass is 10.1. The third-order valence-corrected chi connectivity index (χ3v) is 5.84. The molecule has 0 N–H and O–H groups in total. The highest BCUT2D eigenvalue weighted by molar-refractivity contribution is 8.00. The van der Waals surface area contributed by atoms with Crippen LogP contribution in [-0.2, 0) is 9.59 Å². The Bertz CT molecular complexity index is 836. The number of rotatable bonds is 4. The van der Waals surface area contributed by atoms with Crippen molar-refractivity contribution >= 4 is 40.7 Å². The predicted octanol–water partition coefficient (Wildman–Crippen LogP) is 3.96. The van der Waals surface area contributed by atoms with E-state index in [4.69, 9.17) is 11.6 Å². The summed E-state index contributed by atoms with van der Waals surface area (Å²) in [5.74, 6) is -0.865. The summed E-state index contributed by atoms with van der Waals surface area (Å²) >= 11 is 7.57. The molecule has 6 heteroatoms. The molecule has 2 aromatic carbocycles. The molecule has 1 aliphatic heterocycles. The van der Waals surface area contributed by atoms with Gasteiger partial charge in [0.25, 0.3) is 5.91 Å². The van der Waals surface area contributed by atoms with Gasteiger partial charge in [0.15, 0.2) is 0 Å². The number of ketones is 1. The van der Waals surface area contributed by atoms with Gasteiger partial charge in [0.2, 0.25) is 5.78 Å². The van der Waals surface area contributed by atoms with Crippen LogP contribution in [0.4, 0.5) is 5.69 Å². The minimum absolute atomic E-state index is 0.398. The number of likely N-dealkylation sites (N-methyl/N-ethyl adjacent to an activating group) is 1. The van der Waals surface area contributed by atoms with Gasteiger partial charge in [0.1, 0.15) is 5.25 Å². The molecule has 2 aromatic rings. The van der Waals surface area contributed by atoms with Gasteiger partial charge in [-0.05, 0) is 44.8 Å². The number of fused-ring (bicyclic) bond motifs is 1. The molecule has 0 fully saturated rings. The van der Waals surface area contributed by atoms with Crippen molar-refractivity contribution < 1.29 is 9.59 Å². The zero-order valence-corrected chi connectivity index (χ0v) is 16.6. The van der Waals surface area contributed by atoms with Crippen molar-refractivity contribution in [3.63, 3.8) is 0 Å². The second kappa shape index (κ2) is 7.82. The third kappa shape index (κ3) is 3.95. The van der Waals surface area contributed by atoms with Crippen LogP contribution in [0.1, 0.15) is 16.4 Å². The molecule has 0 bridgehead atoms. The molecule has 1 atom stereocenters. The molecule has 1 unspecified atom stereocenters. The van der Waals surface area contributed by atoms with Gasteiger partial charge in [-0.2, -0.15) is 0 Å².